The second-order valence-corrected chi connectivity index (χ2v) is 4.31. The van der Waals surface area contributed by atoms with E-state index in [-0.39, 0.29) is 5.91 Å². The first-order valence-corrected chi connectivity index (χ1v) is 5.28. The Morgan fingerprint density at radius 2 is 2.29 bits per heavy atom. The molecule has 2 atom stereocenters. The molecule has 4 nitrogen and oxygen atoms in total. The average molecular weight is 199 g/mol. The molecule has 82 valence electrons. The molecule has 0 radical (unpaired) electrons. The second-order valence-electron chi connectivity index (χ2n) is 4.31. The molecule has 1 amide bonds. The molecular formula is C10H21N3O. The topological polar surface area (TPSA) is 58.4 Å². The van der Waals surface area contributed by atoms with Gasteiger partial charge in [-0.25, -0.2) is 0 Å². The fraction of sp³-hybridized carbons (Fsp3) is 0.900. The molecule has 0 aliphatic heterocycles. The summed E-state index contributed by atoms with van der Waals surface area (Å²) >= 11 is 0. The van der Waals surface area contributed by atoms with E-state index in [1.807, 2.05) is 7.05 Å². The van der Waals surface area contributed by atoms with Crippen LogP contribution in [0.5, 0.6) is 0 Å². The zero-order valence-corrected chi connectivity index (χ0v) is 9.12. The number of amides is 1. The van der Waals surface area contributed by atoms with Crippen LogP contribution < -0.4 is 11.1 Å². The van der Waals surface area contributed by atoms with E-state index in [1.165, 1.54) is 6.42 Å². The van der Waals surface area contributed by atoms with Crippen LogP contribution in [0.4, 0.5) is 0 Å². The standard InChI is InChI=1S/C10H21N3O/c1-8-5-9(8)6-13(2)7-10(14)12-4-3-11/h8-9H,3-7,11H2,1-2H3,(H,12,14). The number of likely N-dealkylation sites (N-methyl/N-ethyl adjacent to an activating group) is 1. The minimum atomic E-state index is 0.0752. The maximum absolute atomic E-state index is 11.3. The summed E-state index contributed by atoms with van der Waals surface area (Å²) in [5.41, 5.74) is 5.29. The van der Waals surface area contributed by atoms with Crippen LogP contribution in [0.25, 0.3) is 0 Å². The molecule has 0 heterocycles. The summed E-state index contributed by atoms with van der Waals surface area (Å²) in [6, 6.07) is 0. The van der Waals surface area contributed by atoms with Gasteiger partial charge in [0.05, 0.1) is 6.54 Å². The van der Waals surface area contributed by atoms with Crippen molar-refractivity contribution in [3.05, 3.63) is 0 Å². The normalized spacial score (nSPS) is 25.1. The van der Waals surface area contributed by atoms with Crippen molar-refractivity contribution in [3.63, 3.8) is 0 Å². The Kier molecular flexibility index (Phi) is 4.35. The number of nitrogens with one attached hydrogen (secondary N) is 1. The third-order valence-corrected chi connectivity index (χ3v) is 2.70. The minimum Gasteiger partial charge on any atom is -0.354 e. The molecule has 1 aliphatic carbocycles. The summed E-state index contributed by atoms with van der Waals surface area (Å²) in [6.07, 6.45) is 1.31. The van der Waals surface area contributed by atoms with Gasteiger partial charge in [-0.3, -0.25) is 9.69 Å². The summed E-state index contributed by atoms with van der Waals surface area (Å²) in [5.74, 6) is 1.73. The van der Waals surface area contributed by atoms with Crippen molar-refractivity contribution in [1.82, 2.24) is 10.2 Å². The predicted molar refractivity (Wildman–Crippen MR) is 56.8 cm³/mol. The van der Waals surface area contributed by atoms with E-state index >= 15 is 0 Å². The van der Waals surface area contributed by atoms with Gasteiger partial charge < -0.3 is 11.1 Å². The predicted octanol–water partition coefficient (Wildman–Crippen LogP) is -0.351. The molecule has 4 heteroatoms. The highest BCUT2D eigenvalue weighted by atomic mass is 16.2. The van der Waals surface area contributed by atoms with Crippen LogP contribution in [0.1, 0.15) is 13.3 Å². The maximum atomic E-state index is 11.3. The Labute approximate surface area is 85.8 Å². The molecule has 1 saturated carbocycles. The molecule has 1 fully saturated rings. The van der Waals surface area contributed by atoms with E-state index in [0.717, 1.165) is 18.4 Å². The molecule has 0 bridgehead atoms. The van der Waals surface area contributed by atoms with Crippen molar-refractivity contribution >= 4 is 5.91 Å². The first-order chi connectivity index (χ1) is 6.63. The number of hydrogen-bond acceptors (Lipinski definition) is 3. The lowest BCUT2D eigenvalue weighted by Crippen LogP contribution is -2.38. The molecule has 2 unspecified atom stereocenters. The van der Waals surface area contributed by atoms with Gasteiger partial charge in [-0.15, -0.1) is 0 Å². The summed E-state index contributed by atoms with van der Waals surface area (Å²) in [6.45, 7) is 4.87. The van der Waals surface area contributed by atoms with Gasteiger partial charge in [-0.2, -0.15) is 0 Å². The first-order valence-electron chi connectivity index (χ1n) is 5.28. The highest BCUT2D eigenvalue weighted by Crippen LogP contribution is 2.37. The van der Waals surface area contributed by atoms with Gasteiger partial charge in [-0.05, 0) is 25.3 Å². The quantitative estimate of drug-likeness (QED) is 0.615. The van der Waals surface area contributed by atoms with Crippen LogP contribution in [0, 0.1) is 11.8 Å². The smallest absolute Gasteiger partial charge is 0.234 e. The Morgan fingerprint density at radius 1 is 1.64 bits per heavy atom. The number of hydrogen-bond donors (Lipinski definition) is 2. The minimum absolute atomic E-state index is 0.0752. The SMILES string of the molecule is CC1CC1CN(C)CC(=O)NCCN. The molecule has 1 rings (SSSR count). The van der Waals surface area contributed by atoms with Crippen molar-refractivity contribution in [2.75, 3.05) is 33.2 Å². The summed E-state index contributed by atoms with van der Waals surface area (Å²) in [7, 11) is 1.99. The number of nitrogens with zero attached hydrogens (tertiary/aromatic N) is 1. The van der Waals surface area contributed by atoms with Crippen molar-refractivity contribution in [1.29, 1.82) is 0 Å². The third-order valence-electron chi connectivity index (χ3n) is 2.70. The Hall–Kier alpha value is -0.610. The number of nitrogens with two attached hydrogens (primary N) is 1. The number of carbonyl (C=O) groups is 1. The van der Waals surface area contributed by atoms with Gasteiger partial charge in [0, 0.05) is 19.6 Å². The summed E-state index contributed by atoms with van der Waals surface area (Å²) in [4.78, 5) is 13.4. The lowest BCUT2D eigenvalue weighted by Gasteiger charge is -2.15. The van der Waals surface area contributed by atoms with E-state index in [2.05, 4.69) is 17.1 Å². The van der Waals surface area contributed by atoms with Gasteiger partial charge in [0.2, 0.25) is 5.91 Å². The van der Waals surface area contributed by atoms with Crippen LogP contribution in [0.15, 0.2) is 0 Å². The van der Waals surface area contributed by atoms with Gasteiger partial charge in [0.1, 0.15) is 0 Å². The zero-order chi connectivity index (χ0) is 10.6. The van der Waals surface area contributed by atoms with Crippen LogP contribution in [0.3, 0.4) is 0 Å². The summed E-state index contributed by atoms with van der Waals surface area (Å²) in [5, 5.41) is 2.76. The van der Waals surface area contributed by atoms with Crippen LogP contribution >= 0.6 is 0 Å². The molecule has 0 spiro atoms. The van der Waals surface area contributed by atoms with Crippen LogP contribution in [-0.2, 0) is 4.79 Å². The lowest BCUT2D eigenvalue weighted by molar-refractivity contribution is -0.121. The average Bonchev–Trinajstić information content (AvgIpc) is 2.77. The Morgan fingerprint density at radius 3 is 2.79 bits per heavy atom. The highest BCUT2D eigenvalue weighted by molar-refractivity contribution is 5.77. The van der Waals surface area contributed by atoms with E-state index in [1.54, 1.807) is 0 Å². The van der Waals surface area contributed by atoms with Gasteiger partial charge in [-0.1, -0.05) is 6.92 Å². The fourth-order valence-electron chi connectivity index (χ4n) is 1.63. The van der Waals surface area contributed by atoms with Gasteiger partial charge >= 0.3 is 0 Å². The van der Waals surface area contributed by atoms with Crippen molar-refractivity contribution < 1.29 is 4.79 Å². The number of rotatable bonds is 6. The molecule has 14 heavy (non-hydrogen) atoms. The van der Waals surface area contributed by atoms with E-state index < -0.39 is 0 Å². The zero-order valence-electron chi connectivity index (χ0n) is 9.12. The van der Waals surface area contributed by atoms with E-state index in [0.29, 0.717) is 19.6 Å². The lowest BCUT2D eigenvalue weighted by atomic mass is 10.3. The number of carbonyl (C=O) groups excluding carboxylic acids is 1. The van der Waals surface area contributed by atoms with Crippen molar-refractivity contribution in [3.8, 4) is 0 Å². The van der Waals surface area contributed by atoms with Crippen molar-refractivity contribution in [2.24, 2.45) is 17.6 Å². The molecular weight excluding hydrogens is 178 g/mol. The Bertz CT molecular complexity index is 196. The largest absolute Gasteiger partial charge is 0.354 e. The maximum Gasteiger partial charge on any atom is 0.234 e. The van der Waals surface area contributed by atoms with E-state index in [9.17, 15) is 4.79 Å². The molecule has 0 saturated heterocycles. The van der Waals surface area contributed by atoms with Crippen LogP contribution in [0.2, 0.25) is 0 Å². The Balaban J connectivity index is 2.06. The molecule has 1 aliphatic rings. The van der Waals surface area contributed by atoms with Gasteiger partial charge in [0.25, 0.3) is 0 Å². The second kappa shape index (κ2) is 5.32. The summed E-state index contributed by atoms with van der Waals surface area (Å²) < 4.78 is 0. The first kappa shape index (κ1) is 11.5. The molecule has 0 aromatic heterocycles. The van der Waals surface area contributed by atoms with Crippen molar-refractivity contribution in [2.45, 2.75) is 13.3 Å². The fourth-order valence-corrected chi connectivity index (χ4v) is 1.63. The highest BCUT2D eigenvalue weighted by Gasteiger charge is 2.33. The monoisotopic (exact) mass is 199 g/mol. The van der Waals surface area contributed by atoms with E-state index in [4.69, 9.17) is 5.73 Å². The van der Waals surface area contributed by atoms with Crippen LogP contribution in [-0.4, -0.2) is 44.0 Å². The molecule has 0 aromatic rings. The molecule has 3 N–H and O–H groups in total. The molecule has 0 aromatic carbocycles. The third kappa shape index (κ3) is 4.07. The van der Waals surface area contributed by atoms with Gasteiger partial charge in [0.15, 0.2) is 0 Å².